The van der Waals surface area contributed by atoms with Crippen molar-refractivity contribution < 1.29 is 33.6 Å². The molecule has 1 saturated carbocycles. The third kappa shape index (κ3) is 5.21. The number of rotatable bonds is 6. The minimum Gasteiger partial charge on any atom is -0.496 e. The molecule has 0 spiro atoms. The zero-order valence-corrected chi connectivity index (χ0v) is 26.0. The van der Waals surface area contributed by atoms with Crippen LogP contribution in [0.25, 0.3) is 16.5 Å². The van der Waals surface area contributed by atoms with Crippen molar-refractivity contribution in [3.05, 3.63) is 70.6 Å². The lowest BCUT2D eigenvalue weighted by molar-refractivity contribution is -0.141. The second-order valence-electron chi connectivity index (χ2n) is 12.7. The smallest absolute Gasteiger partial charge is 0.374 e. The van der Waals surface area contributed by atoms with Gasteiger partial charge in [0, 0.05) is 42.1 Å². The number of ether oxygens (including phenoxy) is 4. The van der Waals surface area contributed by atoms with Gasteiger partial charge in [0.2, 0.25) is 5.76 Å². The molecule has 3 aromatic rings. The normalized spacial score (nSPS) is 24.6. The van der Waals surface area contributed by atoms with Crippen molar-refractivity contribution in [2.45, 2.75) is 70.0 Å². The molecule has 4 aliphatic rings. The Hall–Kier alpha value is -4.08. The second kappa shape index (κ2) is 11.7. The number of aliphatic hydroxyl groups is 1. The summed E-state index contributed by atoms with van der Waals surface area (Å²) in [5.74, 6) is 1.13. The molecule has 1 aromatic heterocycles. The number of Topliss-reactive ketones (excluding diaryl/α,β-unsaturated/α-hetero) is 1. The predicted molar refractivity (Wildman–Crippen MR) is 169 cm³/mol. The second-order valence-corrected chi connectivity index (χ2v) is 12.7. The highest BCUT2D eigenvalue weighted by atomic mass is 16.6. The molecule has 0 unspecified atom stereocenters. The number of ketones is 1. The summed E-state index contributed by atoms with van der Waals surface area (Å²) in [6.07, 6.45) is 6.89. The molecule has 1 saturated heterocycles. The van der Waals surface area contributed by atoms with Crippen LogP contribution in [-0.4, -0.2) is 60.4 Å². The zero-order valence-electron chi connectivity index (χ0n) is 26.0. The van der Waals surface area contributed by atoms with Gasteiger partial charge in [-0.25, -0.2) is 4.79 Å². The molecule has 0 bridgehead atoms. The Morgan fingerprint density at radius 2 is 1.93 bits per heavy atom. The largest absolute Gasteiger partial charge is 0.496 e. The van der Waals surface area contributed by atoms with E-state index in [1.807, 2.05) is 37.4 Å². The van der Waals surface area contributed by atoms with E-state index in [1.165, 1.54) is 0 Å². The molecule has 0 amide bonds. The lowest BCUT2D eigenvalue weighted by Crippen LogP contribution is -2.51. The predicted octanol–water partition coefficient (Wildman–Crippen LogP) is 5.36. The Balaban J connectivity index is 1.31. The standard InChI is InChI=1S/C36H40N2O7/c1-4-43-35(40)31-17-25(21-6-8-28(39)24(16-21)20-5-7-27-22(15-20)9-14-38-27)33-30(44-31)19-29-26(34(33)42-3)18-32(45-29)36(2,41)23-10-12-37-13-11-23/h5,7,9,14-15,17,19,23-24,32,37-38,41H,4,6,8,10-13,16,18H2,1-3H3/b25-21-/t24-,32-,36+/m0/s1. The summed E-state index contributed by atoms with van der Waals surface area (Å²) < 4.78 is 24.1. The van der Waals surface area contributed by atoms with Gasteiger partial charge in [0.1, 0.15) is 34.7 Å². The average Bonchev–Trinajstić information content (AvgIpc) is 3.71. The van der Waals surface area contributed by atoms with E-state index in [4.69, 9.17) is 18.9 Å². The van der Waals surface area contributed by atoms with E-state index in [1.54, 1.807) is 20.1 Å². The number of esters is 1. The Morgan fingerprint density at radius 1 is 1.11 bits per heavy atom. The summed E-state index contributed by atoms with van der Waals surface area (Å²) in [7, 11) is 1.63. The number of carbonyl (C=O) groups excluding carboxylic acids is 2. The number of piperidine rings is 1. The van der Waals surface area contributed by atoms with Crippen LogP contribution in [-0.2, 0) is 20.7 Å². The molecule has 2 aromatic carbocycles. The van der Waals surface area contributed by atoms with E-state index in [9.17, 15) is 14.7 Å². The van der Waals surface area contributed by atoms with Gasteiger partial charge >= 0.3 is 5.97 Å². The summed E-state index contributed by atoms with van der Waals surface area (Å²) in [4.78, 5) is 29.6. The first-order valence-corrected chi connectivity index (χ1v) is 16.0. The number of H-pyrrole nitrogens is 1. The number of carbonyl (C=O) groups is 2. The summed E-state index contributed by atoms with van der Waals surface area (Å²) in [5.41, 5.74) is 4.43. The first kappa shape index (κ1) is 29.6. The van der Waals surface area contributed by atoms with Gasteiger partial charge in [0.25, 0.3) is 0 Å². The van der Waals surface area contributed by atoms with Crippen molar-refractivity contribution >= 4 is 28.2 Å². The third-order valence-corrected chi connectivity index (χ3v) is 10.1. The highest BCUT2D eigenvalue weighted by molar-refractivity contribution is 5.98. The highest BCUT2D eigenvalue weighted by Gasteiger charge is 2.46. The molecule has 9 nitrogen and oxygen atoms in total. The average molecular weight is 613 g/mol. The van der Waals surface area contributed by atoms with Crippen LogP contribution in [0.3, 0.4) is 0 Å². The maximum atomic E-state index is 13.3. The number of fused-ring (bicyclic) bond motifs is 3. The maximum Gasteiger partial charge on any atom is 0.374 e. The summed E-state index contributed by atoms with van der Waals surface area (Å²) >= 11 is 0. The quantitative estimate of drug-likeness (QED) is 0.319. The Morgan fingerprint density at radius 3 is 2.71 bits per heavy atom. The topological polar surface area (TPSA) is 119 Å². The van der Waals surface area contributed by atoms with Crippen LogP contribution >= 0.6 is 0 Å². The number of allylic oxidation sites excluding steroid dienone is 3. The number of hydrogen-bond donors (Lipinski definition) is 3. The highest BCUT2D eigenvalue weighted by Crippen LogP contribution is 2.53. The Labute approximate surface area is 262 Å². The Kier molecular flexibility index (Phi) is 7.70. The molecular weight excluding hydrogens is 572 g/mol. The third-order valence-electron chi connectivity index (χ3n) is 10.1. The molecule has 4 heterocycles. The fourth-order valence-electron chi connectivity index (χ4n) is 7.57. The van der Waals surface area contributed by atoms with Gasteiger partial charge < -0.3 is 34.4 Å². The van der Waals surface area contributed by atoms with Gasteiger partial charge in [-0.05, 0) is 99.3 Å². The van der Waals surface area contributed by atoms with Crippen molar-refractivity contribution in [3.63, 3.8) is 0 Å². The summed E-state index contributed by atoms with van der Waals surface area (Å²) in [6, 6.07) is 9.94. The molecular formula is C36H40N2O7. The van der Waals surface area contributed by atoms with Crippen molar-refractivity contribution in [2.75, 3.05) is 26.8 Å². The van der Waals surface area contributed by atoms with Crippen LogP contribution in [0, 0.1) is 5.92 Å². The first-order chi connectivity index (χ1) is 21.8. The monoisotopic (exact) mass is 612 g/mol. The van der Waals surface area contributed by atoms with Crippen LogP contribution < -0.4 is 19.5 Å². The molecule has 3 N–H and O–H groups in total. The lowest BCUT2D eigenvalue weighted by atomic mass is 9.76. The number of aromatic nitrogens is 1. The molecule has 0 radical (unpaired) electrons. The lowest BCUT2D eigenvalue weighted by Gasteiger charge is -2.39. The van der Waals surface area contributed by atoms with Crippen LogP contribution in [0.15, 0.2) is 53.9 Å². The van der Waals surface area contributed by atoms with Gasteiger partial charge in [-0.3, -0.25) is 4.79 Å². The molecule has 45 heavy (non-hydrogen) atoms. The number of methoxy groups -OCH3 is 1. The van der Waals surface area contributed by atoms with Crippen molar-refractivity contribution in [3.8, 4) is 17.2 Å². The number of nitrogens with one attached hydrogen (secondary N) is 2. The minimum atomic E-state index is -1.04. The van der Waals surface area contributed by atoms with Crippen molar-refractivity contribution in [1.29, 1.82) is 0 Å². The van der Waals surface area contributed by atoms with Crippen molar-refractivity contribution in [2.24, 2.45) is 5.92 Å². The minimum absolute atomic E-state index is 0.0762. The van der Waals surface area contributed by atoms with Crippen molar-refractivity contribution in [1.82, 2.24) is 10.3 Å². The molecule has 9 heteroatoms. The van der Waals surface area contributed by atoms with E-state index in [0.29, 0.717) is 42.9 Å². The van der Waals surface area contributed by atoms with E-state index < -0.39 is 17.7 Å². The first-order valence-electron chi connectivity index (χ1n) is 16.0. The van der Waals surface area contributed by atoms with E-state index in [2.05, 4.69) is 16.4 Å². The molecule has 236 valence electrons. The van der Waals surface area contributed by atoms with Gasteiger partial charge in [0.15, 0.2) is 0 Å². The van der Waals surface area contributed by atoms with Crippen LogP contribution in [0.2, 0.25) is 0 Å². The summed E-state index contributed by atoms with van der Waals surface area (Å²) in [6.45, 7) is 5.58. The summed E-state index contributed by atoms with van der Waals surface area (Å²) in [5, 5.41) is 16.2. The number of hydrogen-bond acceptors (Lipinski definition) is 8. The van der Waals surface area contributed by atoms with E-state index in [-0.39, 0.29) is 30.0 Å². The molecule has 3 atom stereocenters. The van der Waals surface area contributed by atoms with E-state index in [0.717, 1.165) is 64.7 Å². The van der Waals surface area contributed by atoms with Crippen LogP contribution in [0.4, 0.5) is 0 Å². The number of benzene rings is 2. The van der Waals surface area contributed by atoms with Gasteiger partial charge in [-0.2, -0.15) is 0 Å². The van der Waals surface area contributed by atoms with Gasteiger partial charge in [-0.1, -0.05) is 11.6 Å². The zero-order chi connectivity index (χ0) is 31.3. The maximum absolute atomic E-state index is 13.3. The molecule has 7 rings (SSSR count). The Bertz CT molecular complexity index is 1730. The van der Waals surface area contributed by atoms with Crippen LogP contribution in [0.5, 0.6) is 17.2 Å². The molecule has 1 aliphatic carbocycles. The number of aromatic amines is 1. The molecule has 3 aliphatic heterocycles. The SMILES string of the molecule is CCOC(=O)C1=C/C(=C2\CCC(=O)[C@H](c3ccc4[nH]ccc4c3)C2)c2c(cc3c(c2OC)C[C@@H]([C@](C)(O)C2CCNCC2)O3)O1. The van der Waals surface area contributed by atoms with Crippen LogP contribution in [0.1, 0.15) is 68.6 Å². The fourth-order valence-corrected chi connectivity index (χ4v) is 7.57. The molecule has 2 fully saturated rings. The fraction of sp³-hybridized carbons (Fsp3) is 0.444. The van der Waals surface area contributed by atoms with Gasteiger partial charge in [-0.15, -0.1) is 0 Å². The van der Waals surface area contributed by atoms with Gasteiger partial charge in [0.05, 0.1) is 19.3 Å². The van der Waals surface area contributed by atoms with E-state index >= 15 is 0 Å².